The van der Waals surface area contributed by atoms with Gasteiger partial charge in [0.2, 0.25) is 5.43 Å². The van der Waals surface area contributed by atoms with E-state index in [2.05, 4.69) is 0 Å². The molecule has 0 radical (unpaired) electrons. The topological polar surface area (TPSA) is 65.8 Å². The van der Waals surface area contributed by atoms with E-state index in [0.29, 0.717) is 32.2 Å². The Kier molecular flexibility index (Phi) is 5.18. The normalized spacial score (nSPS) is 14.9. The number of nitrogens with zero attached hydrogens (tertiary/aromatic N) is 3. The molecule has 2 heterocycles. The van der Waals surface area contributed by atoms with Gasteiger partial charge < -0.3 is 19.5 Å². The number of halogens is 4. The first-order valence-corrected chi connectivity index (χ1v) is 9.38. The first-order valence-electron chi connectivity index (χ1n) is 9.38. The van der Waals surface area contributed by atoms with Gasteiger partial charge in [0.05, 0.1) is 16.6 Å². The van der Waals surface area contributed by atoms with Crippen LogP contribution in [0.3, 0.4) is 0 Å². The molecule has 1 aromatic heterocycles. The van der Waals surface area contributed by atoms with Crippen LogP contribution in [0, 0.1) is 23.3 Å². The van der Waals surface area contributed by atoms with Crippen LogP contribution in [-0.4, -0.2) is 53.8 Å². The predicted octanol–water partition coefficient (Wildman–Crippen LogP) is 3.00. The van der Waals surface area contributed by atoms with Gasteiger partial charge in [0.25, 0.3) is 0 Å². The highest BCUT2D eigenvalue weighted by atomic mass is 19.1. The fraction of sp³-hybridized carbons (Fsp3) is 0.238. The quantitative estimate of drug-likeness (QED) is 0.641. The van der Waals surface area contributed by atoms with Crippen LogP contribution >= 0.6 is 0 Å². The summed E-state index contributed by atoms with van der Waals surface area (Å²) in [6, 6.07) is 3.20. The lowest BCUT2D eigenvalue weighted by Crippen LogP contribution is -2.45. The highest BCUT2D eigenvalue weighted by Gasteiger charge is 2.27. The van der Waals surface area contributed by atoms with Crippen molar-refractivity contribution in [3.8, 4) is 5.69 Å². The lowest BCUT2D eigenvalue weighted by atomic mass is 10.1. The summed E-state index contributed by atoms with van der Waals surface area (Å²) in [6.07, 6.45) is 0.762. The number of anilines is 1. The molecule has 162 valence electrons. The number of carboxylic acid groups (broad SMARTS) is 1. The van der Waals surface area contributed by atoms with E-state index in [1.807, 2.05) is 11.9 Å². The fourth-order valence-corrected chi connectivity index (χ4v) is 3.74. The molecule has 4 rings (SSSR count). The summed E-state index contributed by atoms with van der Waals surface area (Å²) in [6.45, 7) is 1.74. The average molecular weight is 435 g/mol. The van der Waals surface area contributed by atoms with Gasteiger partial charge in [-0.3, -0.25) is 4.79 Å². The molecule has 1 saturated heterocycles. The molecule has 0 saturated carbocycles. The molecule has 0 unspecified atom stereocenters. The lowest BCUT2D eigenvalue weighted by Gasteiger charge is -2.34. The van der Waals surface area contributed by atoms with Gasteiger partial charge in [0.15, 0.2) is 5.82 Å². The molecule has 2 aromatic carbocycles. The third-order valence-electron chi connectivity index (χ3n) is 5.38. The van der Waals surface area contributed by atoms with Crippen molar-refractivity contribution < 1.29 is 27.5 Å². The number of pyridine rings is 1. The van der Waals surface area contributed by atoms with Crippen LogP contribution in [0.25, 0.3) is 16.6 Å². The number of hydrogen-bond donors (Lipinski definition) is 1. The zero-order chi connectivity index (χ0) is 22.4. The summed E-state index contributed by atoms with van der Waals surface area (Å²) in [5, 5.41) is 8.81. The molecule has 1 fully saturated rings. The summed E-state index contributed by atoms with van der Waals surface area (Å²) in [5.74, 6) is -5.80. The maximum Gasteiger partial charge on any atom is 0.341 e. The van der Waals surface area contributed by atoms with Crippen LogP contribution in [-0.2, 0) is 0 Å². The molecular formula is C21H17F4N3O3. The second kappa shape index (κ2) is 7.69. The molecule has 0 atom stereocenters. The number of benzene rings is 2. The smallest absolute Gasteiger partial charge is 0.341 e. The predicted molar refractivity (Wildman–Crippen MR) is 106 cm³/mol. The van der Waals surface area contributed by atoms with E-state index in [0.717, 1.165) is 29.0 Å². The van der Waals surface area contributed by atoms with E-state index in [4.69, 9.17) is 0 Å². The molecule has 10 heteroatoms. The number of fused-ring (bicyclic) bond motifs is 1. The number of aromatic carboxylic acids is 1. The third-order valence-corrected chi connectivity index (χ3v) is 5.38. The van der Waals surface area contributed by atoms with Gasteiger partial charge in [0.1, 0.15) is 28.7 Å². The van der Waals surface area contributed by atoms with Crippen molar-refractivity contribution in [2.45, 2.75) is 0 Å². The van der Waals surface area contributed by atoms with E-state index in [9.17, 15) is 27.9 Å². The number of aromatic nitrogens is 1. The van der Waals surface area contributed by atoms with Crippen LogP contribution in [0.5, 0.6) is 0 Å². The minimum atomic E-state index is -1.65. The van der Waals surface area contributed by atoms with E-state index in [1.54, 1.807) is 0 Å². The van der Waals surface area contributed by atoms with Gasteiger partial charge in [-0.25, -0.2) is 22.4 Å². The molecular weight excluding hydrogens is 418 g/mol. The highest BCUT2D eigenvalue weighted by molar-refractivity contribution is 5.94. The second-order valence-electron chi connectivity index (χ2n) is 7.35. The van der Waals surface area contributed by atoms with Gasteiger partial charge in [-0.15, -0.1) is 0 Å². The van der Waals surface area contributed by atoms with Gasteiger partial charge in [0, 0.05) is 38.4 Å². The molecule has 0 aliphatic carbocycles. The highest BCUT2D eigenvalue weighted by Crippen LogP contribution is 2.32. The van der Waals surface area contributed by atoms with E-state index >= 15 is 4.39 Å². The average Bonchev–Trinajstić information content (AvgIpc) is 2.70. The van der Waals surface area contributed by atoms with Gasteiger partial charge in [-0.1, -0.05) is 0 Å². The molecule has 1 aliphatic heterocycles. The van der Waals surface area contributed by atoms with Crippen LogP contribution in [0.1, 0.15) is 10.4 Å². The molecule has 31 heavy (non-hydrogen) atoms. The zero-order valence-electron chi connectivity index (χ0n) is 16.3. The first kappa shape index (κ1) is 20.9. The number of carboxylic acids is 1. The monoisotopic (exact) mass is 435 g/mol. The van der Waals surface area contributed by atoms with Crippen molar-refractivity contribution in [3.05, 3.63) is 69.5 Å². The largest absolute Gasteiger partial charge is 0.477 e. The number of piperazine rings is 1. The lowest BCUT2D eigenvalue weighted by molar-refractivity contribution is 0.0695. The Morgan fingerprint density at radius 2 is 1.68 bits per heavy atom. The van der Waals surface area contributed by atoms with Crippen molar-refractivity contribution in [1.82, 2.24) is 9.47 Å². The van der Waals surface area contributed by atoms with Crippen molar-refractivity contribution in [3.63, 3.8) is 0 Å². The number of hydrogen-bond acceptors (Lipinski definition) is 4. The van der Waals surface area contributed by atoms with Crippen LogP contribution in [0.15, 0.2) is 35.3 Å². The maximum absolute atomic E-state index is 15.7. The summed E-state index contributed by atoms with van der Waals surface area (Å²) >= 11 is 0. The van der Waals surface area contributed by atoms with Crippen LogP contribution < -0.4 is 10.3 Å². The van der Waals surface area contributed by atoms with E-state index in [-0.39, 0.29) is 11.4 Å². The number of likely N-dealkylation sites (N-methyl/N-ethyl adjacent to an activating group) is 1. The summed E-state index contributed by atoms with van der Waals surface area (Å²) in [7, 11) is 1.87. The van der Waals surface area contributed by atoms with Crippen molar-refractivity contribution >= 4 is 22.6 Å². The van der Waals surface area contributed by atoms with Crippen LogP contribution in [0.2, 0.25) is 0 Å². The molecule has 6 nitrogen and oxygen atoms in total. The third kappa shape index (κ3) is 3.52. The van der Waals surface area contributed by atoms with Gasteiger partial charge in [-0.05, 0) is 25.2 Å². The Bertz CT molecular complexity index is 1270. The zero-order valence-corrected chi connectivity index (χ0v) is 16.3. The van der Waals surface area contributed by atoms with Crippen LogP contribution in [0.4, 0.5) is 23.2 Å². The van der Waals surface area contributed by atoms with Crippen molar-refractivity contribution in [1.29, 1.82) is 0 Å². The van der Waals surface area contributed by atoms with E-state index in [1.165, 1.54) is 4.90 Å². The van der Waals surface area contributed by atoms with Crippen molar-refractivity contribution in [2.75, 3.05) is 38.1 Å². The maximum atomic E-state index is 15.7. The van der Waals surface area contributed by atoms with E-state index < -0.39 is 51.1 Å². The number of rotatable bonds is 3. The SMILES string of the molecule is CN1CCN(c2c(F)cc3c(=O)c(C(=O)O)cn(-c4ccc(F)cc4F)c3c2F)CC1. The minimum absolute atomic E-state index is 0.318. The minimum Gasteiger partial charge on any atom is -0.477 e. The second-order valence-corrected chi connectivity index (χ2v) is 7.35. The van der Waals surface area contributed by atoms with Gasteiger partial charge >= 0.3 is 5.97 Å². The molecule has 1 N–H and O–H groups in total. The summed E-state index contributed by atoms with van der Waals surface area (Å²) in [5.41, 5.74) is -3.18. The Balaban J connectivity index is 2.07. The summed E-state index contributed by atoms with van der Waals surface area (Å²) < 4.78 is 59.3. The molecule has 1 aliphatic rings. The molecule has 0 bridgehead atoms. The molecule has 0 spiro atoms. The standard InChI is InChI=1S/C21H17F4N3O3/c1-26-4-6-27(7-5-26)19-15(24)9-12-18(17(19)25)28(10-13(20(12)29)21(30)31)16-3-2-11(22)8-14(16)23/h2-3,8-10H,4-7H2,1H3,(H,30,31). The first-order chi connectivity index (χ1) is 14.7. The Morgan fingerprint density at radius 3 is 2.29 bits per heavy atom. The Hall–Kier alpha value is -3.40. The summed E-state index contributed by atoms with van der Waals surface area (Å²) in [4.78, 5) is 27.6. The molecule has 3 aromatic rings. The Labute approximate surface area is 173 Å². The number of carbonyl (C=O) groups is 1. The molecule has 0 amide bonds. The Morgan fingerprint density at radius 1 is 1.00 bits per heavy atom. The van der Waals surface area contributed by atoms with Gasteiger partial charge in [-0.2, -0.15) is 0 Å². The fourth-order valence-electron chi connectivity index (χ4n) is 3.74. The van der Waals surface area contributed by atoms with Crippen molar-refractivity contribution in [2.24, 2.45) is 0 Å².